The predicted molar refractivity (Wildman–Crippen MR) is 85.0 cm³/mol. The standard InChI is InChI=1S/C15H21BrN2O3/c1-3-18-8-4-5-10(18)9-17-15(20)13-12(21-2)7-6-11(16)14(13)19/h6-7,10,19H,3-5,8-9H2,1-2H3,(H,17,20). The minimum absolute atomic E-state index is 0.0920. The second-order valence-electron chi connectivity index (χ2n) is 5.11. The smallest absolute Gasteiger partial charge is 0.258 e. The number of rotatable bonds is 5. The Balaban J connectivity index is 2.08. The van der Waals surface area contributed by atoms with Crippen LogP contribution in [0.5, 0.6) is 11.5 Å². The first-order valence-electron chi connectivity index (χ1n) is 7.16. The largest absolute Gasteiger partial charge is 0.506 e. The van der Waals surface area contributed by atoms with E-state index in [9.17, 15) is 9.90 Å². The number of phenols is 1. The van der Waals surface area contributed by atoms with Gasteiger partial charge in [-0.1, -0.05) is 6.92 Å². The average molecular weight is 357 g/mol. The fraction of sp³-hybridized carbons (Fsp3) is 0.533. The van der Waals surface area contributed by atoms with E-state index in [1.54, 1.807) is 12.1 Å². The van der Waals surface area contributed by atoms with E-state index in [-0.39, 0.29) is 17.2 Å². The Morgan fingerprint density at radius 2 is 2.33 bits per heavy atom. The molecule has 1 unspecified atom stereocenters. The normalized spacial score (nSPS) is 18.7. The molecule has 2 N–H and O–H groups in total. The van der Waals surface area contributed by atoms with Gasteiger partial charge in [0, 0.05) is 12.6 Å². The van der Waals surface area contributed by atoms with Crippen LogP contribution in [0.1, 0.15) is 30.1 Å². The molecule has 1 fully saturated rings. The fourth-order valence-electron chi connectivity index (χ4n) is 2.78. The molecule has 1 saturated heterocycles. The number of hydrogen-bond acceptors (Lipinski definition) is 4. The first kappa shape index (κ1) is 16.1. The molecule has 0 radical (unpaired) electrons. The summed E-state index contributed by atoms with van der Waals surface area (Å²) >= 11 is 3.22. The second-order valence-corrected chi connectivity index (χ2v) is 5.96. The van der Waals surface area contributed by atoms with Gasteiger partial charge in [-0.15, -0.1) is 0 Å². The monoisotopic (exact) mass is 356 g/mol. The number of carbonyl (C=O) groups is 1. The highest BCUT2D eigenvalue weighted by Gasteiger charge is 2.25. The quantitative estimate of drug-likeness (QED) is 0.850. The maximum absolute atomic E-state index is 12.4. The van der Waals surface area contributed by atoms with Gasteiger partial charge in [0.1, 0.15) is 17.1 Å². The van der Waals surface area contributed by atoms with E-state index in [4.69, 9.17) is 4.74 Å². The zero-order valence-corrected chi connectivity index (χ0v) is 13.9. The molecule has 5 nitrogen and oxygen atoms in total. The van der Waals surface area contributed by atoms with Gasteiger partial charge in [-0.25, -0.2) is 0 Å². The summed E-state index contributed by atoms with van der Waals surface area (Å²) < 4.78 is 5.64. The number of carbonyl (C=O) groups excluding carboxylic acids is 1. The van der Waals surface area contributed by atoms with Crippen LogP contribution < -0.4 is 10.1 Å². The Bertz CT molecular complexity index is 522. The molecule has 1 atom stereocenters. The number of benzene rings is 1. The second kappa shape index (κ2) is 7.13. The lowest BCUT2D eigenvalue weighted by Crippen LogP contribution is -2.40. The lowest BCUT2D eigenvalue weighted by molar-refractivity contribution is 0.0935. The number of amides is 1. The van der Waals surface area contributed by atoms with Crippen molar-refractivity contribution in [2.75, 3.05) is 26.7 Å². The summed E-state index contributed by atoms with van der Waals surface area (Å²) in [5.41, 5.74) is 0.174. The van der Waals surface area contributed by atoms with Crippen molar-refractivity contribution in [1.82, 2.24) is 10.2 Å². The molecule has 21 heavy (non-hydrogen) atoms. The number of likely N-dealkylation sites (N-methyl/N-ethyl adjacent to an activating group) is 1. The van der Waals surface area contributed by atoms with Crippen LogP contribution in [0.2, 0.25) is 0 Å². The molecule has 0 aliphatic carbocycles. The highest BCUT2D eigenvalue weighted by molar-refractivity contribution is 9.10. The SMILES string of the molecule is CCN1CCCC1CNC(=O)c1c(OC)ccc(Br)c1O. The minimum atomic E-state index is -0.311. The molecule has 1 heterocycles. The molecule has 1 amide bonds. The van der Waals surface area contributed by atoms with E-state index in [0.717, 1.165) is 19.5 Å². The van der Waals surface area contributed by atoms with Crippen molar-refractivity contribution in [2.24, 2.45) is 0 Å². The minimum Gasteiger partial charge on any atom is -0.506 e. The van der Waals surface area contributed by atoms with Gasteiger partial charge in [0.05, 0.1) is 11.6 Å². The van der Waals surface area contributed by atoms with E-state index in [2.05, 4.69) is 33.1 Å². The summed E-state index contributed by atoms with van der Waals surface area (Å²) in [5, 5.41) is 13.0. The van der Waals surface area contributed by atoms with Crippen LogP contribution in [0.25, 0.3) is 0 Å². The van der Waals surface area contributed by atoms with Gasteiger partial charge in [0.15, 0.2) is 0 Å². The number of halogens is 1. The first-order valence-corrected chi connectivity index (χ1v) is 7.95. The third-order valence-electron chi connectivity index (χ3n) is 3.94. The van der Waals surface area contributed by atoms with Crippen LogP contribution in [-0.4, -0.2) is 48.7 Å². The summed E-state index contributed by atoms with van der Waals surface area (Å²) in [4.78, 5) is 14.7. The van der Waals surface area contributed by atoms with Crippen molar-refractivity contribution in [3.63, 3.8) is 0 Å². The highest BCUT2D eigenvalue weighted by atomic mass is 79.9. The molecule has 0 bridgehead atoms. The van der Waals surface area contributed by atoms with Crippen LogP contribution in [-0.2, 0) is 0 Å². The van der Waals surface area contributed by atoms with Crippen LogP contribution in [0.3, 0.4) is 0 Å². The van der Waals surface area contributed by atoms with Gasteiger partial charge >= 0.3 is 0 Å². The lowest BCUT2D eigenvalue weighted by atomic mass is 10.1. The van der Waals surface area contributed by atoms with Gasteiger partial charge in [-0.2, -0.15) is 0 Å². The Labute approximate surface area is 133 Å². The lowest BCUT2D eigenvalue weighted by Gasteiger charge is -2.23. The van der Waals surface area contributed by atoms with Crippen LogP contribution >= 0.6 is 15.9 Å². The number of methoxy groups -OCH3 is 1. The van der Waals surface area contributed by atoms with Crippen LogP contribution in [0.4, 0.5) is 0 Å². The Morgan fingerprint density at radius 1 is 1.57 bits per heavy atom. The van der Waals surface area contributed by atoms with E-state index in [1.807, 2.05) is 0 Å². The van der Waals surface area contributed by atoms with E-state index >= 15 is 0 Å². The number of nitrogens with one attached hydrogen (secondary N) is 1. The average Bonchev–Trinajstić information content (AvgIpc) is 2.94. The van der Waals surface area contributed by atoms with Crippen LogP contribution in [0, 0.1) is 0 Å². The molecular formula is C15H21BrN2O3. The number of aromatic hydroxyl groups is 1. The van der Waals surface area contributed by atoms with Crippen molar-refractivity contribution < 1.29 is 14.6 Å². The predicted octanol–water partition coefficient (Wildman–Crippen LogP) is 2.38. The van der Waals surface area contributed by atoms with E-state index in [1.165, 1.54) is 13.5 Å². The molecule has 0 saturated carbocycles. The van der Waals surface area contributed by atoms with E-state index in [0.29, 0.717) is 22.8 Å². The summed E-state index contributed by atoms with van der Waals surface area (Å²) in [7, 11) is 1.48. The molecule has 1 aliphatic heterocycles. The number of ether oxygens (including phenoxy) is 1. The van der Waals surface area contributed by atoms with Crippen LogP contribution in [0.15, 0.2) is 16.6 Å². The zero-order chi connectivity index (χ0) is 15.4. The van der Waals surface area contributed by atoms with Gasteiger partial charge < -0.3 is 15.2 Å². The summed E-state index contributed by atoms with van der Waals surface area (Å²) in [6.45, 7) is 4.79. The Morgan fingerprint density at radius 3 is 3.00 bits per heavy atom. The van der Waals surface area contributed by atoms with Gasteiger partial charge in [0.25, 0.3) is 5.91 Å². The van der Waals surface area contributed by atoms with Crippen molar-refractivity contribution in [3.8, 4) is 11.5 Å². The number of likely N-dealkylation sites (tertiary alicyclic amines) is 1. The molecule has 116 valence electrons. The van der Waals surface area contributed by atoms with Crippen molar-refractivity contribution in [1.29, 1.82) is 0 Å². The van der Waals surface area contributed by atoms with Crippen molar-refractivity contribution in [3.05, 3.63) is 22.2 Å². The third-order valence-corrected chi connectivity index (χ3v) is 4.58. The van der Waals surface area contributed by atoms with Gasteiger partial charge in [-0.05, 0) is 54.0 Å². The van der Waals surface area contributed by atoms with Crippen molar-refractivity contribution >= 4 is 21.8 Å². The fourth-order valence-corrected chi connectivity index (χ4v) is 3.11. The van der Waals surface area contributed by atoms with Crippen molar-refractivity contribution in [2.45, 2.75) is 25.8 Å². The number of hydrogen-bond donors (Lipinski definition) is 2. The molecule has 1 aromatic rings. The number of phenolic OH excluding ortho intramolecular Hbond substituents is 1. The zero-order valence-electron chi connectivity index (χ0n) is 12.4. The molecule has 2 rings (SSSR count). The molecule has 6 heteroatoms. The first-order chi connectivity index (χ1) is 10.1. The maximum Gasteiger partial charge on any atom is 0.258 e. The molecule has 0 spiro atoms. The molecule has 1 aromatic carbocycles. The Hall–Kier alpha value is -1.27. The summed E-state index contributed by atoms with van der Waals surface area (Å²) in [6.07, 6.45) is 2.26. The summed E-state index contributed by atoms with van der Waals surface area (Å²) in [6, 6.07) is 3.69. The molecular weight excluding hydrogens is 336 g/mol. The maximum atomic E-state index is 12.4. The number of nitrogens with zero attached hydrogens (tertiary/aromatic N) is 1. The van der Waals surface area contributed by atoms with E-state index < -0.39 is 0 Å². The topological polar surface area (TPSA) is 61.8 Å². The van der Waals surface area contributed by atoms with Gasteiger partial charge in [0.2, 0.25) is 0 Å². The molecule has 0 aromatic heterocycles. The highest BCUT2D eigenvalue weighted by Crippen LogP contribution is 2.34. The third kappa shape index (κ3) is 3.49. The Kier molecular flexibility index (Phi) is 5.47. The molecule has 1 aliphatic rings. The van der Waals surface area contributed by atoms with Gasteiger partial charge in [-0.3, -0.25) is 9.69 Å². The summed E-state index contributed by atoms with van der Waals surface area (Å²) in [5.74, 6) is -0.0359.